The fraction of sp³-hybridized carbons (Fsp3) is 0.364. The van der Waals surface area contributed by atoms with Crippen LogP contribution in [0, 0.1) is 0 Å². The monoisotopic (exact) mass is 194 g/mol. The Morgan fingerprint density at radius 3 is 2.64 bits per heavy atom. The van der Waals surface area contributed by atoms with Gasteiger partial charge in [-0.25, -0.2) is 0 Å². The van der Waals surface area contributed by atoms with Gasteiger partial charge in [-0.15, -0.1) is 0 Å². The van der Waals surface area contributed by atoms with Gasteiger partial charge in [0.25, 0.3) is 0 Å². The molecule has 1 unspecified atom stereocenters. The number of esters is 1. The summed E-state index contributed by atoms with van der Waals surface area (Å²) in [6.45, 7) is 3.27. The molecule has 0 bridgehead atoms. The van der Waals surface area contributed by atoms with E-state index in [9.17, 15) is 9.90 Å². The first-order valence-corrected chi connectivity index (χ1v) is 4.60. The second-order valence-electron chi connectivity index (χ2n) is 3.07. The Bertz CT molecular complexity index is 320. The fourth-order valence-electron chi connectivity index (χ4n) is 1.33. The topological polar surface area (TPSA) is 46.5 Å². The molecule has 3 nitrogen and oxygen atoms in total. The summed E-state index contributed by atoms with van der Waals surface area (Å²) in [6.07, 6.45) is 0.297. The zero-order valence-corrected chi connectivity index (χ0v) is 8.36. The predicted molar refractivity (Wildman–Crippen MR) is 52.9 cm³/mol. The van der Waals surface area contributed by atoms with Gasteiger partial charge in [-0.3, -0.25) is 4.79 Å². The highest BCUT2D eigenvalue weighted by atomic mass is 16.5. The van der Waals surface area contributed by atoms with E-state index in [1.54, 1.807) is 24.3 Å². The number of para-hydroxylation sites is 1. The quantitative estimate of drug-likeness (QED) is 0.751. The standard InChI is InChI=1S/C11H14O3/c1-3-11(14-8(2)12)9-6-4-5-7-10(9)13/h4-7,11,13H,3H2,1-2H3. The van der Waals surface area contributed by atoms with E-state index in [2.05, 4.69) is 0 Å². The van der Waals surface area contributed by atoms with E-state index in [4.69, 9.17) is 4.74 Å². The van der Waals surface area contributed by atoms with Gasteiger partial charge in [0.2, 0.25) is 0 Å². The molecule has 0 saturated carbocycles. The van der Waals surface area contributed by atoms with Crippen LogP contribution in [0.25, 0.3) is 0 Å². The third-order valence-corrected chi connectivity index (χ3v) is 1.96. The van der Waals surface area contributed by atoms with Gasteiger partial charge < -0.3 is 9.84 Å². The molecule has 1 rings (SSSR count). The molecule has 14 heavy (non-hydrogen) atoms. The molecular weight excluding hydrogens is 180 g/mol. The van der Waals surface area contributed by atoms with Crippen molar-refractivity contribution in [3.05, 3.63) is 29.8 Å². The number of phenols is 1. The summed E-state index contributed by atoms with van der Waals surface area (Å²) in [7, 11) is 0. The van der Waals surface area contributed by atoms with Gasteiger partial charge in [-0.2, -0.15) is 0 Å². The normalized spacial score (nSPS) is 12.1. The molecule has 1 atom stereocenters. The number of hydrogen-bond donors (Lipinski definition) is 1. The third kappa shape index (κ3) is 2.49. The molecule has 3 heteroatoms. The van der Waals surface area contributed by atoms with Crippen LogP contribution in [0.4, 0.5) is 0 Å². The van der Waals surface area contributed by atoms with Crippen molar-refractivity contribution in [2.45, 2.75) is 26.4 Å². The second kappa shape index (κ2) is 4.65. The highest BCUT2D eigenvalue weighted by Gasteiger charge is 2.15. The van der Waals surface area contributed by atoms with E-state index in [0.29, 0.717) is 12.0 Å². The Kier molecular flexibility index (Phi) is 3.51. The molecular formula is C11H14O3. The molecule has 0 saturated heterocycles. The van der Waals surface area contributed by atoms with E-state index in [-0.39, 0.29) is 17.8 Å². The molecule has 0 aromatic heterocycles. The van der Waals surface area contributed by atoms with Gasteiger partial charge in [0.05, 0.1) is 0 Å². The van der Waals surface area contributed by atoms with Crippen LogP contribution in [0.1, 0.15) is 31.9 Å². The van der Waals surface area contributed by atoms with Crippen molar-refractivity contribution in [1.82, 2.24) is 0 Å². The molecule has 0 aliphatic carbocycles. The molecule has 0 fully saturated rings. The Balaban J connectivity index is 2.89. The average Bonchev–Trinajstić information content (AvgIpc) is 2.15. The summed E-state index contributed by atoms with van der Waals surface area (Å²) in [5.74, 6) is -0.166. The Labute approximate surface area is 83.3 Å². The predicted octanol–water partition coefficient (Wildman–Crippen LogP) is 2.41. The SMILES string of the molecule is CCC(OC(C)=O)c1ccccc1O. The van der Waals surface area contributed by atoms with Crippen molar-refractivity contribution in [1.29, 1.82) is 0 Å². The lowest BCUT2D eigenvalue weighted by atomic mass is 10.1. The number of rotatable bonds is 3. The maximum atomic E-state index is 10.8. The number of ether oxygens (including phenoxy) is 1. The zero-order chi connectivity index (χ0) is 10.6. The summed E-state index contributed by atoms with van der Waals surface area (Å²) in [5, 5.41) is 9.53. The minimum absolute atomic E-state index is 0.167. The van der Waals surface area contributed by atoms with E-state index >= 15 is 0 Å². The molecule has 0 amide bonds. The molecule has 0 heterocycles. The van der Waals surface area contributed by atoms with Gasteiger partial charge >= 0.3 is 5.97 Å². The second-order valence-corrected chi connectivity index (χ2v) is 3.07. The zero-order valence-electron chi connectivity index (χ0n) is 8.36. The minimum atomic E-state index is -0.353. The first-order valence-electron chi connectivity index (χ1n) is 4.60. The molecule has 1 aromatic carbocycles. The minimum Gasteiger partial charge on any atom is -0.508 e. The van der Waals surface area contributed by atoms with Crippen molar-refractivity contribution >= 4 is 5.97 Å². The molecule has 1 aromatic rings. The van der Waals surface area contributed by atoms with Gasteiger partial charge in [0, 0.05) is 12.5 Å². The van der Waals surface area contributed by atoms with Gasteiger partial charge in [-0.05, 0) is 12.5 Å². The molecule has 0 aliphatic rings. The van der Waals surface area contributed by atoms with E-state index in [0.717, 1.165) is 0 Å². The van der Waals surface area contributed by atoms with Crippen LogP contribution in [0.3, 0.4) is 0 Å². The number of carbonyl (C=O) groups is 1. The summed E-state index contributed by atoms with van der Waals surface area (Å²) in [6, 6.07) is 6.88. The highest BCUT2D eigenvalue weighted by molar-refractivity contribution is 5.66. The number of benzene rings is 1. The van der Waals surface area contributed by atoms with Gasteiger partial charge in [0.15, 0.2) is 0 Å². The smallest absolute Gasteiger partial charge is 0.303 e. The van der Waals surface area contributed by atoms with Crippen LogP contribution >= 0.6 is 0 Å². The summed E-state index contributed by atoms with van der Waals surface area (Å²) in [4.78, 5) is 10.8. The Morgan fingerprint density at radius 1 is 1.50 bits per heavy atom. The molecule has 0 spiro atoms. The maximum absolute atomic E-state index is 10.8. The van der Waals surface area contributed by atoms with Crippen molar-refractivity contribution in [3.63, 3.8) is 0 Å². The molecule has 76 valence electrons. The van der Waals surface area contributed by atoms with Crippen LogP contribution in [0.5, 0.6) is 5.75 Å². The lowest BCUT2D eigenvalue weighted by molar-refractivity contribution is -0.146. The Hall–Kier alpha value is -1.51. The lowest BCUT2D eigenvalue weighted by Crippen LogP contribution is -2.07. The van der Waals surface area contributed by atoms with E-state index in [1.807, 2.05) is 6.92 Å². The summed E-state index contributed by atoms with van der Waals surface area (Å²) in [5.41, 5.74) is 0.658. The van der Waals surface area contributed by atoms with Gasteiger partial charge in [0.1, 0.15) is 11.9 Å². The van der Waals surface area contributed by atoms with E-state index < -0.39 is 0 Å². The number of aromatic hydroxyl groups is 1. The summed E-state index contributed by atoms with van der Waals surface area (Å²) >= 11 is 0. The Morgan fingerprint density at radius 2 is 2.14 bits per heavy atom. The lowest BCUT2D eigenvalue weighted by Gasteiger charge is -2.16. The van der Waals surface area contributed by atoms with Crippen molar-refractivity contribution in [2.24, 2.45) is 0 Å². The first-order chi connectivity index (χ1) is 6.65. The number of hydrogen-bond acceptors (Lipinski definition) is 3. The average molecular weight is 194 g/mol. The highest BCUT2D eigenvalue weighted by Crippen LogP contribution is 2.28. The third-order valence-electron chi connectivity index (χ3n) is 1.96. The van der Waals surface area contributed by atoms with E-state index in [1.165, 1.54) is 6.92 Å². The van der Waals surface area contributed by atoms with Crippen molar-refractivity contribution in [3.8, 4) is 5.75 Å². The van der Waals surface area contributed by atoms with Crippen molar-refractivity contribution in [2.75, 3.05) is 0 Å². The van der Waals surface area contributed by atoms with Crippen LogP contribution in [-0.2, 0) is 9.53 Å². The van der Waals surface area contributed by atoms with Crippen LogP contribution in [-0.4, -0.2) is 11.1 Å². The molecule has 1 N–H and O–H groups in total. The van der Waals surface area contributed by atoms with Gasteiger partial charge in [-0.1, -0.05) is 25.1 Å². The maximum Gasteiger partial charge on any atom is 0.303 e. The van der Waals surface area contributed by atoms with Crippen LogP contribution in [0.2, 0.25) is 0 Å². The molecule has 0 radical (unpaired) electrons. The molecule has 0 aliphatic heterocycles. The largest absolute Gasteiger partial charge is 0.508 e. The fourth-order valence-corrected chi connectivity index (χ4v) is 1.33. The van der Waals surface area contributed by atoms with Crippen LogP contribution in [0.15, 0.2) is 24.3 Å². The van der Waals surface area contributed by atoms with Crippen LogP contribution < -0.4 is 0 Å². The summed E-state index contributed by atoms with van der Waals surface area (Å²) < 4.78 is 5.07. The number of carbonyl (C=O) groups excluding carboxylic acids is 1. The number of phenolic OH excluding ortho intramolecular Hbond substituents is 1. The van der Waals surface area contributed by atoms with Crippen molar-refractivity contribution < 1.29 is 14.6 Å². The first kappa shape index (κ1) is 10.6.